The highest BCUT2D eigenvalue weighted by molar-refractivity contribution is 5.95. The summed E-state index contributed by atoms with van der Waals surface area (Å²) >= 11 is 0. The summed E-state index contributed by atoms with van der Waals surface area (Å²) in [6.07, 6.45) is 0. The Balaban J connectivity index is 2.17. The summed E-state index contributed by atoms with van der Waals surface area (Å²) in [5.74, 6) is 1.83. The zero-order chi connectivity index (χ0) is 17.7. The van der Waals surface area contributed by atoms with Crippen LogP contribution in [0.1, 0.15) is 34.5 Å². The van der Waals surface area contributed by atoms with Gasteiger partial charge < -0.3 is 19.5 Å². The molecule has 0 saturated carbocycles. The van der Waals surface area contributed by atoms with Crippen molar-refractivity contribution >= 4 is 5.91 Å². The second-order valence-corrected chi connectivity index (χ2v) is 5.49. The van der Waals surface area contributed by atoms with E-state index in [1.165, 1.54) is 0 Å². The number of hydrogen-bond donors (Lipinski definition) is 1. The highest BCUT2D eigenvalue weighted by Crippen LogP contribution is 2.30. The van der Waals surface area contributed by atoms with Gasteiger partial charge in [0.05, 0.1) is 27.4 Å². The van der Waals surface area contributed by atoms with Crippen LogP contribution in [0.3, 0.4) is 0 Å². The topological polar surface area (TPSA) is 56.8 Å². The third-order valence-electron chi connectivity index (χ3n) is 3.93. The minimum atomic E-state index is -0.176. The van der Waals surface area contributed by atoms with Gasteiger partial charge in [0.25, 0.3) is 5.91 Å². The minimum Gasteiger partial charge on any atom is -0.496 e. The molecular weight excluding hydrogens is 306 g/mol. The maximum absolute atomic E-state index is 12.5. The van der Waals surface area contributed by atoms with E-state index in [0.29, 0.717) is 22.8 Å². The molecule has 0 fully saturated rings. The molecule has 5 nitrogen and oxygen atoms in total. The zero-order valence-corrected chi connectivity index (χ0v) is 14.7. The minimum absolute atomic E-state index is 0.157. The second kappa shape index (κ2) is 7.73. The van der Waals surface area contributed by atoms with Gasteiger partial charge in [-0.05, 0) is 49.2 Å². The van der Waals surface area contributed by atoms with Crippen LogP contribution in [-0.4, -0.2) is 27.2 Å². The van der Waals surface area contributed by atoms with Crippen LogP contribution >= 0.6 is 0 Å². The smallest absolute Gasteiger partial charge is 0.251 e. The number of aryl methyl sites for hydroxylation is 1. The highest BCUT2D eigenvalue weighted by atomic mass is 16.5. The summed E-state index contributed by atoms with van der Waals surface area (Å²) in [6, 6.07) is 10.8. The van der Waals surface area contributed by atoms with Crippen LogP contribution in [0.4, 0.5) is 0 Å². The molecule has 0 spiro atoms. The van der Waals surface area contributed by atoms with Crippen molar-refractivity contribution < 1.29 is 19.0 Å². The molecule has 0 bridgehead atoms. The van der Waals surface area contributed by atoms with Crippen LogP contribution in [0.2, 0.25) is 0 Å². The normalized spacial score (nSPS) is 11.5. The Kier molecular flexibility index (Phi) is 5.68. The lowest BCUT2D eigenvalue weighted by Crippen LogP contribution is -2.26. The standard InChI is InChI=1S/C19H23NO4/c1-12-6-7-15(11-17(12)23-4)19(21)20-13(2)14-8-9-16(22-3)18(10-14)24-5/h6-11,13H,1-5H3,(H,20,21). The summed E-state index contributed by atoms with van der Waals surface area (Å²) < 4.78 is 15.8. The Morgan fingerprint density at radius 1 is 0.917 bits per heavy atom. The quantitative estimate of drug-likeness (QED) is 0.881. The van der Waals surface area contributed by atoms with Gasteiger partial charge in [-0.2, -0.15) is 0 Å². The van der Waals surface area contributed by atoms with E-state index in [9.17, 15) is 4.79 Å². The van der Waals surface area contributed by atoms with Crippen LogP contribution in [0.5, 0.6) is 17.2 Å². The van der Waals surface area contributed by atoms with Gasteiger partial charge in [0.15, 0.2) is 11.5 Å². The van der Waals surface area contributed by atoms with Crippen molar-refractivity contribution in [3.8, 4) is 17.2 Å². The summed E-state index contributed by atoms with van der Waals surface area (Å²) in [5, 5.41) is 2.98. The molecular formula is C19H23NO4. The molecule has 0 saturated heterocycles. The SMILES string of the molecule is COc1cc(C(=O)NC(C)c2ccc(OC)c(OC)c2)ccc1C. The Bertz CT molecular complexity index is 727. The summed E-state index contributed by atoms with van der Waals surface area (Å²) in [6.45, 7) is 3.86. The van der Waals surface area contributed by atoms with E-state index in [1.807, 2.05) is 38.1 Å². The molecule has 1 unspecified atom stereocenters. The molecule has 2 rings (SSSR count). The van der Waals surface area contributed by atoms with E-state index < -0.39 is 0 Å². The first-order valence-electron chi connectivity index (χ1n) is 7.67. The molecule has 0 aliphatic carbocycles. The fraction of sp³-hybridized carbons (Fsp3) is 0.316. The lowest BCUT2D eigenvalue weighted by atomic mass is 10.1. The number of carbonyl (C=O) groups is 1. The predicted molar refractivity (Wildman–Crippen MR) is 93.2 cm³/mol. The fourth-order valence-corrected chi connectivity index (χ4v) is 2.45. The van der Waals surface area contributed by atoms with Crippen LogP contribution in [-0.2, 0) is 0 Å². The molecule has 0 heterocycles. The molecule has 0 aromatic heterocycles. The lowest BCUT2D eigenvalue weighted by Gasteiger charge is -2.17. The van der Waals surface area contributed by atoms with Gasteiger partial charge in [-0.15, -0.1) is 0 Å². The van der Waals surface area contributed by atoms with Crippen LogP contribution in [0.25, 0.3) is 0 Å². The number of hydrogen-bond acceptors (Lipinski definition) is 4. The van der Waals surface area contributed by atoms with Crippen molar-refractivity contribution in [1.29, 1.82) is 0 Å². The maximum atomic E-state index is 12.5. The van der Waals surface area contributed by atoms with Gasteiger partial charge in [0.2, 0.25) is 0 Å². The zero-order valence-electron chi connectivity index (χ0n) is 14.7. The van der Waals surface area contributed by atoms with E-state index >= 15 is 0 Å². The molecule has 1 atom stereocenters. The molecule has 2 aromatic rings. The Morgan fingerprint density at radius 2 is 1.58 bits per heavy atom. The number of carbonyl (C=O) groups excluding carboxylic acids is 1. The number of amides is 1. The molecule has 0 aliphatic rings. The molecule has 2 aromatic carbocycles. The van der Waals surface area contributed by atoms with Gasteiger partial charge in [-0.25, -0.2) is 0 Å². The van der Waals surface area contributed by atoms with Gasteiger partial charge in [-0.1, -0.05) is 12.1 Å². The maximum Gasteiger partial charge on any atom is 0.251 e. The Morgan fingerprint density at radius 3 is 2.21 bits per heavy atom. The van der Waals surface area contributed by atoms with E-state index in [-0.39, 0.29) is 11.9 Å². The molecule has 24 heavy (non-hydrogen) atoms. The number of nitrogens with one attached hydrogen (secondary N) is 1. The third-order valence-corrected chi connectivity index (χ3v) is 3.93. The van der Waals surface area contributed by atoms with Crippen molar-refractivity contribution in [2.45, 2.75) is 19.9 Å². The van der Waals surface area contributed by atoms with Crippen molar-refractivity contribution in [3.05, 3.63) is 53.1 Å². The van der Waals surface area contributed by atoms with Crippen LogP contribution < -0.4 is 19.5 Å². The highest BCUT2D eigenvalue weighted by Gasteiger charge is 2.15. The predicted octanol–water partition coefficient (Wildman–Crippen LogP) is 3.51. The largest absolute Gasteiger partial charge is 0.496 e. The molecule has 5 heteroatoms. The molecule has 1 amide bonds. The number of rotatable bonds is 6. The number of ether oxygens (including phenoxy) is 3. The number of benzene rings is 2. The molecule has 128 valence electrons. The van der Waals surface area contributed by atoms with Gasteiger partial charge in [0.1, 0.15) is 5.75 Å². The van der Waals surface area contributed by atoms with Gasteiger partial charge in [-0.3, -0.25) is 4.79 Å². The van der Waals surface area contributed by atoms with E-state index in [1.54, 1.807) is 33.5 Å². The first-order valence-corrected chi connectivity index (χ1v) is 7.67. The Labute approximate surface area is 142 Å². The van der Waals surface area contributed by atoms with E-state index in [0.717, 1.165) is 11.1 Å². The van der Waals surface area contributed by atoms with Crippen molar-refractivity contribution in [2.75, 3.05) is 21.3 Å². The van der Waals surface area contributed by atoms with Crippen molar-refractivity contribution in [3.63, 3.8) is 0 Å². The van der Waals surface area contributed by atoms with E-state index in [2.05, 4.69) is 5.32 Å². The first-order chi connectivity index (χ1) is 11.5. The lowest BCUT2D eigenvalue weighted by molar-refractivity contribution is 0.0939. The molecule has 0 aliphatic heterocycles. The van der Waals surface area contributed by atoms with Crippen molar-refractivity contribution in [2.24, 2.45) is 0 Å². The fourth-order valence-electron chi connectivity index (χ4n) is 2.45. The monoisotopic (exact) mass is 329 g/mol. The van der Waals surface area contributed by atoms with Gasteiger partial charge in [0, 0.05) is 5.56 Å². The van der Waals surface area contributed by atoms with E-state index in [4.69, 9.17) is 14.2 Å². The average Bonchev–Trinajstić information content (AvgIpc) is 2.61. The Hall–Kier alpha value is -2.69. The molecule has 1 N–H and O–H groups in total. The first kappa shape index (κ1) is 17.7. The van der Waals surface area contributed by atoms with Crippen LogP contribution in [0, 0.1) is 6.92 Å². The van der Waals surface area contributed by atoms with Crippen molar-refractivity contribution in [1.82, 2.24) is 5.32 Å². The average molecular weight is 329 g/mol. The van der Waals surface area contributed by atoms with Gasteiger partial charge >= 0.3 is 0 Å². The third kappa shape index (κ3) is 3.79. The second-order valence-electron chi connectivity index (χ2n) is 5.49. The summed E-state index contributed by atoms with van der Waals surface area (Å²) in [4.78, 5) is 12.5. The van der Waals surface area contributed by atoms with Crippen LogP contribution in [0.15, 0.2) is 36.4 Å². The number of methoxy groups -OCH3 is 3. The summed E-state index contributed by atoms with van der Waals surface area (Å²) in [7, 11) is 4.77. The summed E-state index contributed by atoms with van der Waals surface area (Å²) in [5.41, 5.74) is 2.48. The molecule has 0 radical (unpaired) electrons.